The Kier molecular flexibility index (Phi) is 9.00. The molecule has 0 fully saturated rings. The first-order chi connectivity index (χ1) is 13.4. The lowest BCUT2D eigenvalue weighted by atomic mass is 10.0. The molecule has 0 aliphatic carbocycles. The third-order valence-corrected chi connectivity index (χ3v) is 3.99. The van der Waals surface area contributed by atoms with Crippen LogP contribution < -0.4 is 25.3 Å². The van der Waals surface area contributed by atoms with E-state index in [9.17, 15) is 10.1 Å². The van der Waals surface area contributed by atoms with Gasteiger partial charge < -0.3 is 25.3 Å². The molecule has 8 heteroatoms. The highest BCUT2D eigenvalue weighted by Gasteiger charge is 2.12. The van der Waals surface area contributed by atoms with E-state index in [1.54, 1.807) is 63.6 Å². The zero-order valence-electron chi connectivity index (χ0n) is 16.7. The highest BCUT2D eigenvalue weighted by atomic mass is 35.5. The van der Waals surface area contributed by atoms with Crippen LogP contribution in [0.4, 0.5) is 5.69 Å². The van der Waals surface area contributed by atoms with Crippen molar-refractivity contribution < 1.29 is 19.0 Å². The number of allylic oxidation sites excluding steroid dienone is 1. The van der Waals surface area contributed by atoms with Gasteiger partial charge in [-0.2, -0.15) is 5.26 Å². The summed E-state index contributed by atoms with van der Waals surface area (Å²) in [4.78, 5) is 11.9. The number of halogens is 1. The van der Waals surface area contributed by atoms with Gasteiger partial charge in [0.15, 0.2) is 0 Å². The standard InChI is InChI=1S/C21H23N3O4.ClH/c1-13(23)21(25)24-19-8-14(5-6-20(19)28-4)7-16(12-22)15-9-17(26-2)11-18(10-15)27-3;/h5-11,13H,23H2,1-4H3,(H,24,25);1H. The first kappa shape index (κ1) is 23.8. The van der Waals surface area contributed by atoms with Crippen LogP contribution in [0.1, 0.15) is 18.1 Å². The number of nitrogens with zero attached hydrogens (tertiary/aromatic N) is 1. The van der Waals surface area contributed by atoms with E-state index in [-0.39, 0.29) is 18.3 Å². The second-order valence-electron chi connectivity index (χ2n) is 6.01. The molecule has 0 saturated heterocycles. The van der Waals surface area contributed by atoms with Gasteiger partial charge in [-0.1, -0.05) is 6.07 Å². The number of ether oxygens (including phenoxy) is 3. The van der Waals surface area contributed by atoms with Crippen LogP contribution in [0.3, 0.4) is 0 Å². The maximum Gasteiger partial charge on any atom is 0.241 e. The fraction of sp³-hybridized carbons (Fsp3) is 0.238. The molecule has 0 bridgehead atoms. The number of amides is 1. The van der Waals surface area contributed by atoms with E-state index >= 15 is 0 Å². The van der Waals surface area contributed by atoms with Crippen molar-refractivity contribution in [3.8, 4) is 23.3 Å². The van der Waals surface area contributed by atoms with Gasteiger partial charge in [-0.25, -0.2) is 0 Å². The molecule has 29 heavy (non-hydrogen) atoms. The van der Waals surface area contributed by atoms with Crippen LogP contribution in [-0.4, -0.2) is 33.3 Å². The summed E-state index contributed by atoms with van der Waals surface area (Å²) in [6, 6.07) is 12.0. The second-order valence-corrected chi connectivity index (χ2v) is 6.01. The molecule has 3 N–H and O–H groups in total. The molecular weight excluding hydrogens is 394 g/mol. The van der Waals surface area contributed by atoms with Gasteiger partial charge in [0.25, 0.3) is 0 Å². The Balaban J connectivity index is 0.00000420. The van der Waals surface area contributed by atoms with Crippen molar-refractivity contribution >= 4 is 35.7 Å². The van der Waals surface area contributed by atoms with E-state index < -0.39 is 6.04 Å². The van der Waals surface area contributed by atoms with Gasteiger partial charge in [-0.05, 0) is 48.4 Å². The van der Waals surface area contributed by atoms with Crippen LogP contribution in [-0.2, 0) is 4.79 Å². The van der Waals surface area contributed by atoms with Crippen LogP contribution in [0.15, 0.2) is 36.4 Å². The minimum absolute atomic E-state index is 0. The van der Waals surface area contributed by atoms with Crippen molar-refractivity contribution in [1.82, 2.24) is 0 Å². The Morgan fingerprint density at radius 3 is 2.21 bits per heavy atom. The summed E-state index contributed by atoms with van der Waals surface area (Å²) in [6.07, 6.45) is 1.70. The molecule has 2 rings (SSSR count). The van der Waals surface area contributed by atoms with Crippen LogP contribution in [0.25, 0.3) is 11.6 Å². The first-order valence-electron chi connectivity index (χ1n) is 8.51. The predicted molar refractivity (Wildman–Crippen MR) is 116 cm³/mol. The smallest absolute Gasteiger partial charge is 0.241 e. The Morgan fingerprint density at radius 1 is 1.10 bits per heavy atom. The molecule has 1 unspecified atom stereocenters. The van der Waals surface area contributed by atoms with Crippen molar-refractivity contribution in [3.05, 3.63) is 47.5 Å². The van der Waals surface area contributed by atoms with Crippen LogP contribution in [0.5, 0.6) is 17.2 Å². The molecule has 0 spiro atoms. The van der Waals surface area contributed by atoms with Crippen LogP contribution >= 0.6 is 12.4 Å². The molecule has 2 aromatic carbocycles. The van der Waals surface area contributed by atoms with Crippen molar-refractivity contribution in [1.29, 1.82) is 5.26 Å². The zero-order chi connectivity index (χ0) is 20.7. The molecule has 7 nitrogen and oxygen atoms in total. The Bertz CT molecular complexity index is 914. The van der Waals surface area contributed by atoms with Crippen molar-refractivity contribution in [3.63, 3.8) is 0 Å². The van der Waals surface area contributed by atoms with Crippen molar-refractivity contribution in [2.75, 3.05) is 26.6 Å². The van der Waals surface area contributed by atoms with Gasteiger partial charge in [0.2, 0.25) is 5.91 Å². The number of rotatable bonds is 7. The summed E-state index contributed by atoms with van der Waals surface area (Å²) < 4.78 is 15.8. The average molecular weight is 418 g/mol. The Labute approximate surface area is 176 Å². The quantitative estimate of drug-likeness (QED) is 0.527. The topological polar surface area (TPSA) is 107 Å². The normalized spacial score (nSPS) is 11.5. The fourth-order valence-electron chi connectivity index (χ4n) is 2.47. The molecule has 0 aromatic heterocycles. The molecule has 0 aliphatic heterocycles. The number of nitrogens with one attached hydrogen (secondary N) is 1. The number of hydrogen-bond donors (Lipinski definition) is 2. The summed E-state index contributed by atoms with van der Waals surface area (Å²) in [5, 5.41) is 12.4. The lowest BCUT2D eigenvalue weighted by Gasteiger charge is -2.13. The maximum atomic E-state index is 11.9. The SMILES string of the molecule is COc1cc(OC)cc(C(C#N)=Cc2ccc(OC)c(NC(=O)C(C)N)c2)c1.Cl. The van der Waals surface area contributed by atoms with Gasteiger partial charge >= 0.3 is 0 Å². The van der Waals surface area contributed by atoms with Gasteiger partial charge in [0.05, 0.1) is 44.7 Å². The van der Waals surface area contributed by atoms with E-state index in [1.165, 1.54) is 7.11 Å². The summed E-state index contributed by atoms with van der Waals surface area (Å²) in [5.74, 6) is 1.32. The fourth-order valence-corrected chi connectivity index (χ4v) is 2.47. The van der Waals surface area contributed by atoms with Gasteiger partial charge in [-0.15, -0.1) is 12.4 Å². The summed E-state index contributed by atoms with van der Waals surface area (Å²) in [6.45, 7) is 1.59. The average Bonchev–Trinajstić information content (AvgIpc) is 2.71. The van der Waals surface area contributed by atoms with E-state index in [2.05, 4.69) is 11.4 Å². The number of benzene rings is 2. The highest BCUT2D eigenvalue weighted by Crippen LogP contribution is 2.30. The van der Waals surface area contributed by atoms with Gasteiger partial charge in [0, 0.05) is 6.07 Å². The largest absolute Gasteiger partial charge is 0.497 e. The number of anilines is 1. The number of methoxy groups -OCH3 is 3. The molecule has 0 radical (unpaired) electrons. The third-order valence-electron chi connectivity index (χ3n) is 3.99. The summed E-state index contributed by atoms with van der Waals surface area (Å²) in [7, 11) is 4.60. The molecule has 0 heterocycles. The Hall–Kier alpha value is -3.21. The molecule has 0 saturated carbocycles. The molecular formula is C21H24ClN3O4. The molecule has 1 amide bonds. The van der Waals surface area contributed by atoms with E-state index in [0.29, 0.717) is 39.6 Å². The zero-order valence-corrected chi connectivity index (χ0v) is 17.5. The highest BCUT2D eigenvalue weighted by molar-refractivity contribution is 5.97. The van der Waals surface area contributed by atoms with E-state index in [0.717, 1.165) is 0 Å². The van der Waals surface area contributed by atoms with Crippen LogP contribution in [0.2, 0.25) is 0 Å². The molecule has 154 valence electrons. The van der Waals surface area contributed by atoms with Crippen LogP contribution in [0, 0.1) is 11.3 Å². The van der Waals surface area contributed by atoms with E-state index in [4.69, 9.17) is 19.9 Å². The molecule has 0 aliphatic rings. The lowest BCUT2D eigenvalue weighted by molar-refractivity contribution is -0.117. The number of carbonyl (C=O) groups excluding carboxylic acids is 1. The third kappa shape index (κ3) is 6.14. The predicted octanol–water partition coefficient (Wildman–Crippen LogP) is 3.48. The van der Waals surface area contributed by atoms with Crippen molar-refractivity contribution in [2.45, 2.75) is 13.0 Å². The monoisotopic (exact) mass is 417 g/mol. The molecule has 2 aromatic rings. The van der Waals surface area contributed by atoms with Gasteiger partial charge in [-0.3, -0.25) is 4.79 Å². The number of carbonyl (C=O) groups is 1. The van der Waals surface area contributed by atoms with E-state index in [1.807, 2.05) is 0 Å². The van der Waals surface area contributed by atoms with Gasteiger partial charge in [0.1, 0.15) is 17.2 Å². The van der Waals surface area contributed by atoms with Crippen molar-refractivity contribution in [2.24, 2.45) is 5.73 Å². The number of nitrogens with two attached hydrogens (primary N) is 1. The minimum atomic E-state index is -0.664. The molecule has 1 atom stereocenters. The Morgan fingerprint density at radius 2 is 1.72 bits per heavy atom. The summed E-state index contributed by atoms with van der Waals surface area (Å²) in [5.41, 5.74) is 7.85. The number of nitriles is 1. The summed E-state index contributed by atoms with van der Waals surface area (Å²) >= 11 is 0. The number of hydrogen-bond acceptors (Lipinski definition) is 6. The minimum Gasteiger partial charge on any atom is -0.497 e. The maximum absolute atomic E-state index is 11.9. The second kappa shape index (κ2) is 11.0. The lowest BCUT2D eigenvalue weighted by Crippen LogP contribution is -2.32. The first-order valence-corrected chi connectivity index (χ1v) is 8.51.